The molecule has 0 aromatic heterocycles. The first-order valence-corrected chi connectivity index (χ1v) is 23.4. The molecule has 0 aliphatic heterocycles. The molecule has 4 atom stereocenters. The Balaban J connectivity index is 2.37. The largest absolute Gasteiger partial charge is 0.491 e. The molecular weight excluding hydrogens is 666 g/mol. The molecule has 278 valence electrons. The number of unbranched alkanes of at least 4 members (excludes halogenated alkanes) is 1. The normalized spacial score (nSPS) is 20.5. The number of hydrogen-bond donors (Lipinski definition) is 0. The lowest BCUT2D eigenvalue weighted by atomic mass is 9.90. The van der Waals surface area contributed by atoms with Gasteiger partial charge in [0.1, 0.15) is 18.1 Å². The van der Waals surface area contributed by atoms with Crippen molar-refractivity contribution in [2.75, 3.05) is 6.61 Å². The van der Waals surface area contributed by atoms with Gasteiger partial charge >= 0.3 is 12.1 Å². The smallest absolute Gasteiger partial charge is 0.416 e. The molecule has 0 saturated heterocycles. The van der Waals surface area contributed by atoms with Crippen LogP contribution >= 0.6 is 0 Å². The van der Waals surface area contributed by atoms with E-state index in [0.717, 1.165) is 12.1 Å². The van der Waals surface area contributed by atoms with E-state index in [0.29, 0.717) is 32.1 Å². The summed E-state index contributed by atoms with van der Waals surface area (Å²) in [4.78, 5) is 25.4. The van der Waals surface area contributed by atoms with Gasteiger partial charge in [-0.15, -0.1) is 0 Å². The van der Waals surface area contributed by atoms with Crippen molar-refractivity contribution in [1.82, 2.24) is 0 Å². The maximum Gasteiger partial charge on any atom is 0.416 e. The molecule has 1 saturated carbocycles. The average Bonchev–Trinajstić information content (AvgIpc) is 3.22. The number of carbonyl (C=O) groups is 2. The minimum absolute atomic E-state index is 0.0164. The Kier molecular flexibility index (Phi) is 15.2. The maximum absolute atomic E-state index is 13.5. The van der Waals surface area contributed by atoms with Crippen LogP contribution in [0.25, 0.3) is 0 Å². The van der Waals surface area contributed by atoms with Gasteiger partial charge in [-0.25, -0.2) is 0 Å². The third kappa shape index (κ3) is 13.4. The monoisotopic (exact) mass is 726 g/mol. The zero-order valence-corrected chi connectivity index (χ0v) is 33.8. The molecule has 6 nitrogen and oxygen atoms in total. The molecule has 1 aliphatic carbocycles. The average molecular weight is 727 g/mol. The number of rotatable bonds is 16. The van der Waals surface area contributed by atoms with Crippen LogP contribution < -0.4 is 4.74 Å². The highest BCUT2D eigenvalue weighted by atomic mass is 28.4. The molecule has 1 aromatic carbocycles. The van der Waals surface area contributed by atoms with Gasteiger partial charge in [-0.1, -0.05) is 71.9 Å². The van der Waals surface area contributed by atoms with Crippen LogP contribution in [0.2, 0.25) is 36.3 Å². The topological polar surface area (TPSA) is 71.1 Å². The number of hydrogen-bond acceptors (Lipinski definition) is 6. The summed E-state index contributed by atoms with van der Waals surface area (Å²) in [5, 5.41) is -0.169. The van der Waals surface area contributed by atoms with Crippen LogP contribution in [-0.4, -0.2) is 53.3 Å². The van der Waals surface area contributed by atoms with Crippen LogP contribution in [0.3, 0.4) is 0 Å². The van der Waals surface area contributed by atoms with Gasteiger partial charge in [0, 0.05) is 24.7 Å². The number of benzene rings is 1. The number of halogens is 3. The van der Waals surface area contributed by atoms with Gasteiger partial charge < -0.3 is 18.3 Å². The quantitative estimate of drug-likeness (QED) is 0.0731. The Morgan fingerprint density at radius 1 is 0.980 bits per heavy atom. The molecule has 1 fully saturated rings. The molecule has 0 amide bonds. The van der Waals surface area contributed by atoms with Crippen molar-refractivity contribution in [2.24, 2.45) is 11.8 Å². The van der Waals surface area contributed by atoms with Crippen molar-refractivity contribution in [1.29, 1.82) is 0 Å². The lowest BCUT2D eigenvalue weighted by Crippen LogP contribution is -2.45. The molecule has 0 spiro atoms. The third-order valence-corrected chi connectivity index (χ3v) is 19.0. The van der Waals surface area contributed by atoms with E-state index in [1.54, 1.807) is 0 Å². The molecule has 1 aromatic rings. The molecule has 0 radical (unpaired) electrons. The first-order valence-electron chi connectivity index (χ1n) is 17.6. The highest BCUT2D eigenvalue weighted by Gasteiger charge is 2.47. The van der Waals surface area contributed by atoms with E-state index in [1.807, 2.05) is 38.2 Å². The summed E-state index contributed by atoms with van der Waals surface area (Å²) >= 11 is 0. The fourth-order valence-corrected chi connectivity index (χ4v) is 7.71. The van der Waals surface area contributed by atoms with E-state index >= 15 is 0 Å². The second-order valence-electron chi connectivity index (χ2n) is 16.5. The molecule has 2 unspecified atom stereocenters. The second kappa shape index (κ2) is 17.3. The van der Waals surface area contributed by atoms with Crippen LogP contribution in [0.4, 0.5) is 13.2 Å². The van der Waals surface area contributed by atoms with Crippen molar-refractivity contribution in [3.63, 3.8) is 0 Å². The summed E-state index contributed by atoms with van der Waals surface area (Å²) in [6.07, 6.45) is 5.09. The van der Waals surface area contributed by atoms with Gasteiger partial charge in [0.25, 0.3) is 0 Å². The Labute approximate surface area is 295 Å². The number of esters is 1. The number of ketones is 1. The fraction of sp³-hybridized carbons (Fsp3) is 0.684. The third-order valence-electron chi connectivity index (χ3n) is 10.0. The summed E-state index contributed by atoms with van der Waals surface area (Å²) < 4.78 is 64.9. The molecule has 1 aliphatic rings. The van der Waals surface area contributed by atoms with Gasteiger partial charge in [0.15, 0.2) is 16.6 Å². The zero-order chi connectivity index (χ0) is 37.4. The Morgan fingerprint density at radius 2 is 1.61 bits per heavy atom. The first kappa shape index (κ1) is 42.9. The van der Waals surface area contributed by atoms with Crippen LogP contribution in [0.15, 0.2) is 48.6 Å². The van der Waals surface area contributed by atoms with E-state index in [1.165, 1.54) is 12.1 Å². The second-order valence-corrected chi connectivity index (χ2v) is 26.1. The SMILES string of the molecule is CC(C)OC(=O)CCCC=CC[C@H]1C(=O)CC(O[Si](C)(C)C(C)(C)C)[C@@H]1C=CC(COc1cccc(C(F)(F)F)c1)O[Si](C)(C)C(C)(C)C. The fourth-order valence-electron chi connectivity index (χ4n) is 5.11. The first-order chi connectivity index (χ1) is 22.3. The van der Waals surface area contributed by atoms with Gasteiger partial charge in [-0.05, 0) is 87.6 Å². The van der Waals surface area contributed by atoms with Gasteiger partial charge in [0.05, 0.1) is 23.9 Å². The minimum atomic E-state index is -4.48. The van der Waals surface area contributed by atoms with Crippen molar-refractivity contribution >= 4 is 28.4 Å². The molecule has 11 heteroatoms. The van der Waals surface area contributed by atoms with E-state index in [2.05, 4.69) is 67.7 Å². The summed E-state index contributed by atoms with van der Waals surface area (Å²) in [7, 11) is -4.56. The standard InChI is InChI=1S/C38H61F3O6Si2/c1-27(2)45-35(43)21-16-14-13-15-20-31-32(34(25-33(31)42)47-49(11,12)37(6,7)8)23-22-30(46-48(9,10)36(3,4)5)26-44-29-19-17-18-28(24-29)38(39,40)41/h13,15,17-19,22-24,27,30-32,34H,14,16,20-21,25-26H2,1-12H3/t30?,31-,32-,34?/m1/s1. The Morgan fingerprint density at radius 3 is 2.18 bits per heavy atom. The van der Waals surface area contributed by atoms with Crippen LogP contribution in [-0.2, 0) is 29.4 Å². The van der Waals surface area contributed by atoms with E-state index in [4.69, 9.17) is 18.3 Å². The van der Waals surface area contributed by atoms with E-state index < -0.39 is 34.5 Å². The lowest BCUT2D eigenvalue weighted by Gasteiger charge is -2.40. The molecule has 2 rings (SSSR count). The molecule has 49 heavy (non-hydrogen) atoms. The zero-order valence-electron chi connectivity index (χ0n) is 31.8. The molecule has 0 bridgehead atoms. The lowest BCUT2D eigenvalue weighted by molar-refractivity contribution is -0.147. The highest BCUT2D eigenvalue weighted by molar-refractivity contribution is 6.74. The van der Waals surface area contributed by atoms with Gasteiger partial charge in [-0.3, -0.25) is 9.59 Å². The van der Waals surface area contributed by atoms with Crippen molar-refractivity contribution in [3.8, 4) is 5.75 Å². The summed E-state index contributed by atoms with van der Waals surface area (Å²) in [6, 6.07) is 4.86. The van der Waals surface area contributed by atoms with Crippen LogP contribution in [0.5, 0.6) is 5.75 Å². The summed E-state index contributed by atoms with van der Waals surface area (Å²) in [5.74, 6) is -0.470. The predicted octanol–water partition coefficient (Wildman–Crippen LogP) is 10.7. The van der Waals surface area contributed by atoms with Crippen molar-refractivity contribution < 1.29 is 41.1 Å². The van der Waals surface area contributed by atoms with Crippen LogP contribution in [0, 0.1) is 11.8 Å². The number of Topliss-reactive ketones (excluding diaryl/α,β-unsaturated/α-hetero) is 1. The molecular formula is C38H61F3O6Si2. The number of alkyl halides is 3. The maximum atomic E-state index is 13.5. The van der Waals surface area contributed by atoms with Crippen molar-refractivity contribution in [3.05, 3.63) is 54.1 Å². The summed E-state index contributed by atoms with van der Waals surface area (Å²) in [5.41, 5.74) is -0.774. The Hall–Kier alpha value is -2.22. The van der Waals surface area contributed by atoms with Gasteiger partial charge in [0.2, 0.25) is 0 Å². The number of ether oxygens (including phenoxy) is 2. The molecule has 0 N–H and O–H groups in total. The van der Waals surface area contributed by atoms with Crippen LogP contribution in [0.1, 0.15) is 93.1 Å². The number of carbonyl (C=O) groups excluding carboxylic acids is 2. The van der Waals surface area contributed by atoms with Crippen molar-refractivity contribution in [2.45, 2.75) is 148 Å². The summed E-state index contributed by atoms with van der Waals surface area (Å²) in [6.45, 7) is 25.2. The predicted molar refractivity (Wildman–Crippen MR) is 196 cm³/mol. The Bertz CT molecular complexity index is 1290. The highest BCUT2D eigenvalue weighted by Crippen LogP contribution is 2.43. The van der Waals surface area contributed by atoms with E-state index in [-0.39, 0.29) is 58.2 Å². The van der Waals surface area contributed by atoms with E-state index in [9.17, 15) is 22.8 Å². The number of allylic oxidation sites excluding steroid dienone is 2. The van der Waals surface area contributed by atoms with Gasteiger partial charge in [-0.2, -0.15) is 13.2 Å². The molecule has 0 heterocycles. The minimum Gasteiger partial charge on any atom is -0.491 e.